The van der Waals surface area contributed by atoms with Crippen LogP contribution < -0.4 is 4.74 Å². The van der Waals surface area contributed by atoms with E-state index < -0.39 is 15.3 Å². The van der Waals surface area contributed by atoms with Crippen molar-refractivity contribution in [3.63, 3.8) is 0 Å². The quantitative estimate of drug-likeness (QED) is 0.785. The van der Waals surface area contributed by atoms with E-state index in [0.717, 1.165) is 6.42 Å². The van der Waals surface area contributed by atoms with E-state index >= 15 is 0 Å². The highest BCUT2D eigenvalue weighted by molar-refractivity contribution is 7.91. The molecule has 17 heavy (non-hydrogen) atoms. The van der Waals surface area contributed by atoms with Gasteiger partial charge in [0.25, 0.3) is 0 Å². The normalized spacial score (nSPS) is 13.4. The second kappa shape index (κ2) is 6.02. The third-order valence-corrected chi connectivity index (χ3v) is 4.57. The molecular formula is C12H18O4S. The number of rotatable bonds is 6. The van der Waals surface area contributed by atoms with Gasteiger partial charge in [-0.05, 0) is 30.7 Å². The minimum absolute atomic E-state index is 0.263. The molecule has 1 aromatic carbocycles. The molecule has 0 spiro atoms. The highest BCUT2D eigenvalue weighted by Crippen LogP contribution is 2.22. The van der Waals surface area contributed by atoms with Crippen LogP contribution in [0.2, 0.25) is 0 Å². The van der Waals surface area contributed by atoms with Crippen LogP contribution in [0.15, 0.2) is 29.2 Å². The van der Waals surface area contributed by atoms with Crippen LogP contribution in [0.25, 0.3) is 0 Å². The summed E-state index contributed by atoms with van der Waals surface area (Å²) in [6.07, 6.45) is 1.25. The largest absolute Gasteiger partial charge is 0.497 e. The van der Waals surface area contributed by atoms with Crippen molar-refractivity contribution >= 4 is 9.84 Å². The Morgan fingerprint density at radius 1 is 1.18 bits per heavy atom. The molecule has 96 valence electrons. The molecule has 0 saturated carbocycles. The van der Waals surface area contributed by atoms with Crippen LogP contribution in [-0.2, 0) is 14.6 Å². The predicted molar refractivity (Wildman–Crippen MR) is 65.9 cm³/mol. The van der Waals surface area contributed by atoms with Crippen molar-refractivity contribution in [3.05, 3.63) is 24.3 Å². The number of methoxy groups -OCH3 is 2. The molecule has 0 aliphatic heterocycles. The van der Waals surface area contributed by atoms with Crippen LogP contribution in [0, 0.1) is 0 Å². The summed E-state index contributed by atoms with van der Waals surface area (Å²) >= 11 is 0. The highest BCUT2D eigenvalue weighted by Gasteiger charge is 2.26. The van der Waals surface area contributed by atoms with Gasteiger partial charge in [0.15, 0.2) is 5.44 Å². The first-order valence-corrected chi connectivity index (χ1v) is 7.01. The van der Waals surface area contributed by atoms with Crippen LogP contribution in [0.3, 0.4) is 0 Å². The molecule has 0 amide bonds. The van der Waals surface area contributed by atoms with E-state index in [2.05, 4.69) is 0 Å². The van der Waals surface area contributed by atoms with Crippen molar-refractivity contribution in [1.29, 1.82) is 0 Å². The molecule has 0 heterocycles. The standard InChI is InChI=1S/C12H18O4S/c1-4-5-12(16-3)17(13,14)11-8-6-10(15-2)7-9-11/h6-9,12H,4-5H2,1-3H3. The molecule has 0 aliphatic carbocycles. The van der Waals surface area contributed by atoms with Crippen LogP contribution in [0.1, 0.15) is 19.8 Å². The molecule has 0 aromatic heterocycles. The minimum Gasteiger partial charge on any atom is -0.497 e. The first kappa shape index (κ1) is 14.0. The molecule has 1 rings (SSSR count). The van der Waals surface area contributed by atoms with Crippen LogP contribution in [-0.4, -0.2) is 28.1 Å². The second-order valence-electron chi connectivity index (χ2n) is 3.67. The molecular weight excluding hydrogens is 240 g/mol. The van der Waals surface area contributed by atoms with Gasteiger partial charge in [-0.15, -0.1) is 0 Å². The fraction of sp³-hybridized carbons (Fsp3) is 0.500. The van der Waals surface area contributed by atoms with Gasteiger partial charge in [-0.2, -0.15) is 0 Å². The smallest absolute Gasteiger partial charge is 0.205 e. The average Bonchev–Trinajstić information content (AvgIpc) is 2.35. The predicted octanol–water partition coefficient (Wildman–Crippen LogP) is 2.24. The summed E-state index contributed by atoms with van der Waals surface area (Å²) in [5.74, 6) is 0.633. The maximum absolute atomic E-state index is 12.2. The van der Waals surface area contributed by atoms with E-state index in [9.17, 15) is 8.42 Å². The zero-order valence-electron chi connectivity index (χ0n) is 10.3. The minimum atomic E-state index is -3.42. The van der Waals surface area contributed by atoms with Gasteiger partial charge in [-0.25, -0.2) is 8.42 Å². The molecule has 0 N–H and O–H groups in total. The van der Waals surface area contributed by atoms with Gasteiger partial charge in [0, 0.05) is 7.11 Å². The molecule has 0 aliphatic rings. The van der Waals surface area contributed by atoms with Crippen molar-refractivity contribution in [3.8, 4) is 5.75 Å². The summed E-state index contributed by atoms with van der Waals surface area (Å²) in [4.78, 5) is 0.263. The molecule has 4 nitrogen and oxygen atoms in total. The summed E-state index contributed by atoms with van der Waals surface area (Å²) < 4.78 is 34.4. The fourth-order valence-corrected chi connectivity index (χ4v) is 3.17. The van der Waals surface area contributed by atoms with Gasteiger partial charge in [-0.1, -0.05) is 13.3 Å². The lowest BCUT2D eigenvalue weighted by Gasteiger charge is -2.15. The SMILES string of the molecule is CCCC(OC)S(=O)(=O)c1ccc(OC)cc1. The van der Waals surface area contributed by atoms with Crippen LogP contribution in [0.4, 0.5) is 0 Å². The number of sulfone groups is 1. The second-order valence-corrected chi connectivity index (χ2v) is 5.76. The molecule has 1 atom stereocenters. The van der Waals surface area contributed by atoms with Gasteiger partial charge >= 0.3 is 0 Å². The zero-order chi connectivity index (χ0) is 12.9. The molecule has 0 saturated heterocycles. The van der Waals surface area contributed by atoms with Crippen LogP contribution in [0.5, 0.6) is 5.75 Å². The van der Waals surface area contributed by atoms with E-state index in [1.165, 1.54) is 19.2 Å². The number of ether oxygens (including phenoxy) is 2. The first-order chi connectivity index (χ1) is 8.06. The topological polar surface area (TPSA) is 52.6 Å². The zero-order valence-corrected chi connectivity index (χ0v) is 11.2. The summed E-state index contributed by atoms with van der Waals surface area (Å²) in [6, 6.07) is 6.34. The Morgan fingerprint density at radius 2 is 1.76 bits per heavy atom. The lowest BCUT2D eigenvalue weighted by atomic mass is 10.3. The lowest BCUT2D eigenvalue weighted by Crippen LogP contribution is -2.23. The van der Waals surface area contributed by atoms with E-state index in [1.807, 2.05) is 6.92 Å². The third kappa shape index (κ3) is 3.20. The molecule has 1 aromatic rings. The maximum Gasteiger partial charge on any atom is 0.205 e. The molecule has 0 bridgehead atoms. The fourth-order valence-electron chi connectivity index (χ4n) is 1.55. The van der Waals surface area contributed by atoms with E-state index in [4.69, 9.17) is 9.47 Å². The highest BCUT2D eigenvalue weighted by atomic mass is 32.2. The van der Waals surface area contributed by atoms with Crippen molar-refractivity contribution in [2.24, 2.45) is 0 Å². The van der Waals surface area contributed by atoms with Gasteiger partial charge in [0.2, 0.25) is 9.84 Å². The third-order valence-electron chi connectivity index (χ3n) is 2.52. The first-order valence-electron chi connectivity index (χ1n) is 5.47. The molecule has 5 heteroatoms. The summed E-state index contributed by atoms with van der Waals surface area (Å²) in [7, 11) is -0.458. The Labute approximate surface area is 102 Å². The Balaban J connectivity index is 3.02. The number of hydrogen-bond donors (Lipinski definition) is 0. The van der Waals surface area contributed by atoms with Gasteiger partial charge < -0.3 is 9.47 Å². The molecule has 0 fully saturated rings. The molecule has 0 radical (unpaired) electrons. The van der Waals surface area contributed by atoms with E-state index in [1.54, 1.807) is 19.2 Å². The van der Waals surface area contributed by atoms with E-state index in [0.29, 0.717) is 12.2 Å². The number of hydrogen-bond acceptors (Lipinski definition) is 4. The Morgan fingerprint density at radius 3 is 2.18 bits per heavy atom. The Hall–Kier alpha value is -1.07. The van der Waals surface area contributed by atoms with Gasteiger partial charge in [0.05, 0.1) is 12.0 Å². The van der Waals surface area contributed by atoms with Crippen LogP contribution >= 0.6 is 0 Å². The molecule has 1 unspecified atom stereocenters. The Kier molecular flexibility index (Phi) is 4.96. The van der Waals surface area contributed by atoms with Gasteiger partial charge in [-0.3, -0.25) is 0 Å². The van der Waals surface area contributed by atoms with Gasteiger partial charge in [0.1, 0.15) is 5.75 Å². The van der Waals surface area contributed by atoms with Crippen molar-refractivity contribution in [1.82, 2.24) is 0 Å². The summed E-state index contributed by atoms with van der Waals surface area (Å²) in [6.45, 7) is 1.93. The van der Waals surface area contributed by atoms with Crippen molar-refractivity contribution in [2.75, 3.05) is 14.2 Å². The average molecular weight is 258 g/mol. The maximum atomic E-state index is 12.2. The lowest BCUT2D eigenvalue weighted by molar-refractivity contribution is 0.155. The summed E-state index contributed by atoms with van der Waals surface area (Å²) in [5.41, 5.74) is -0.777. The summed E-state index contributed by atoms with van der Waals surface area (Å²) in [5, 5.41) is 0. The number of benzene rings is 1. The van der Waals surface area contributed by atoms with Crippen molar-refractivity contribution in [2.45, 2.75) is 30.1 Å². The Bertz CT molecular complexity index is 436. The van der Waals surface area contributed by atoms with E-state index in [-0.39, 0.29) is 4.90 Å². The monoisotopic (exact) mass is 258 g/mol. The van der Waals surface area contributed by atoms with Crippen molar-refractivity contribution < 1.29 is 17.9 Å².